The highest BCUT2D eigenvalue weighted by Gasteiger charge is 2.24. The van der Waals surface area contributed by atoms with Crippen molar-refractivity contribution >= 4 is 17.3 Å². The molecule has 0 amide bonds. The summed E-state index contributed by atoms with van der Waals surface area (Å²) in [5.41, 5.74) is 2.23. The first kappa shape index (κ1) is 14.0. The summed E-state index contributed by atoms with van der Waals surface area (Å²) in [4.78, 5) is 6.07. The van der Waals surface area contributed by atoms with E-state index < -0.39 is 0 Å². The highest BCUT2D eigenvalue weighted by molar-refractivity contribution is 7.80. The van der Waals surface area contributed by atoms with Crippen molar-refractivity contribution in [2.75, 3.05) is 7.05 Å². The summed E-state index contributed by atoms with van der Waals surface area (Å²) in [6.07, 6.45) is 5.69. The Hall–Kier alpha value is -1.95. The van der Waals surface area contributed by atoms with Gasteiger partial charge in [0.15, 0.2) is 5.11 Å². The predicted molar refractivity (Wildman–Crippen MR) is 86.3 cm³/mol. The van der Waals surface area contributed by atoms with Crippen molar-refractivity contribution < 1.29 is 0 Å². The summed E-state index contributed by atoms with van der Waals surface area (Å²) in [7, 11) is 2.04. The van der Waals surface area contributed by atoms with Crippen LogP contribution in [0.5, 0.6) is 0 Å². The van der Waals surface area contributed by atoms with E-state index >= 15 is 0 Å². The Labute approximate surface area is 130 Å². The maximum Gasteiger partial charge on any atom is 0.169 e. The van der Waals surface area contributed by atoms with Gasteiger partial charge in [-0.2, -0.15) is 5.10 Å². The van der Waals surface area contributed by atoms with Crippen LogP contribution in [-0.4, -0.2) is 37.9 Å². The van der Waals surface area contributed by atoms with Crippen LogP contribution in [0.4, 0.5) is 0 Å². The summed E-state index contributed by atoms with van der Waals surface area (Å²) < 4.78 is 1.75. The lowest BCUT2D eigenvalue weighted by Gasteiger charge is -2.28. The largest absolute Gasteiger partial charge is 0.360 e. The molecule has 1 aliphatic rings. The molecule has 1 fully saturated rings. The summed E-state index contributed by atoms with van der Waals surface area (Å²) in [6, 6.07) is 9.13. The van der Waals surface area contributed by atoms with E-state index in [9.17, 15) is 0 Å². The maximum absolute atomic E-state index is 5.45. The normalized spacial score (nSPS) is 15.5. The Morgan fingerprint density at radius 1 is 1.38 bits per heavy atom. The molecule has 0 bridgehead atoms. The zero-order valence-electron chi connectivity index (χ0n) is 12.2. The Morgan fingerprint density at radius 3 is 2.67 bits per heavy atom. The van der Waals surface area contributed by atoms with Crippen LogP contribution >= 0.6 is 12.2 Å². The highest BCUT2D eigenvalue weighted by atomic mass is 32.1. The number of aromatic nitrogens is 3. The third kappa shape index (κ3) is 3.21. The predicted octanol–water partition coefficient (Wildman–Crippen LogP) is 2.30. The van der Waals surface area contributed by atoms with Gasteiger partial charge in [0.1, 0.15) is 12.7 Å². The zero-order chi connectivity index (χ0) is 14.8. The fourth-order valence-electron chi connectivity index (χ4n) is 2.15. The van der Waals surface area contributed by atoms with Crippen molar-refractivity contribution in [1.82, 2.24) is 25.0 Å². The topological polar surface area (TPSA) is 46.0 Å². The minimum absolute atomic E-state index is 0.230. The van der Waals surface area contributed by atoms with Crippen molar-refractivity contribution in [1.29, 1.82) is 0 Å². The summed E-state index contributed by atoms with van der Waals surface area (Å²) in [6.45, 7) is 2.16. The molecule has 5 nitrogen and oxygen atoms in total. The third-order valence-corrected chi connectivity index (χ3v) is 4.27. The van der Waals surface area contributed by atoms with Crippen LogP contribution in [-0.2, 0) is 0 Å². The van der Waals surface area contributed by atoms with E-state index in [-0.39, 0.29) is 6.04 Å². The zero-order valence-corrected chi connectivity index (χ0v) is 13.0. The Kier molecular flexibility index (Phi) is 3.88. The molecule has 110 valence electrons. The quantitative estimate of drug-likeness (QED) is 0.878. The Balaban J connectivity index is 1.69. The molecule has 21 heavy (non-hydrogen) atoms. The molecule has 1 N–H and O–H groups in total. The highest BCUT2D eigenvalue weighted by Crippen LogP contribution is 2.23. The average Bonchev–Trinajstić information content (AvgIpc) is 3.15. The molecule has 1 saturated carbocycles. The second kappa shape index (κ2) is 5.81. The second-order valence-corrected chi connectivity index (χ2v) is 5.83. The molecule has 0 aliphatic heterocycles. The monoisotopic (exact) mass is 301 g/mol. The lowest BCUT2D eigenvalue weighted by molar-refractivity contribution is 0.395. The lowest BCUT2D eigenvalue weighted by atomic mass is 10.1. The molecular formula is C15H19N5S. The van der Waals surface area contributed by atoms with E-state index in [1.807, 2.05) is 19.2 Å². The van der Waals surface area contributed by atoms with Gasteiger partial charge in [0, 0.05) is 13.1 Å². The van der Waals surface area contributed by atoms with Crippen molar-refractivity contribution in [2.45, 2.75) is 31.8 Å². The first-order valence-electron chi connectivity index (χ1n) is 7.13. The summed E-state index contributed by atoms with van der Waals surface area (Å²) >= 11 is 5.45. The van der Waals surface area contributed by atoms with Crippen LogP contribution in [0.1, 0.15) is 31.4 Å². The number of hydrogen-bond acceptors (Lipinski definition) is 3. The summed E-state index contributed by atoms with van der Waals surface area (Å²) in [5.74, 6) is 0. The smallest absolute Gasteiger partial charge is 0.169 e. The lowest BCUT2D eigenvalue weighted by Crippen LogP contribution is -2.39. The number of benzene rings is 1. The van der Waals surface area contributed by atoms with Crippen molar-refractivity contribution in [3.05, 3.63) is 42.5 Å². The SMILES string of the molecule is C[C@H](c1ccc(-n2cncn2)cc1)N(C)C(=S)NC1CC1. The van der Waals surface area contributed by atoms with Crippen molar-refractivity contribution in [2.24, 2.45) is 0 Å². The van der Waals surface area contributed by atoms with E-state index in [1.54, 1.807) is 11.0 Å². The molecule has 1 aromatic heterocycles. The standard InChI is InChI=1S/C15H19N5S/c1-11(19(2)15(21)18-13-5-6-13)12-3-7-14(8-4-12)20-10-16-9-17-20/h3-4,7-11,13H,5-6H2,1-2H3,(H,18,21)/t11-/m1/s1. The minimum atomic E-state index is 0.230. The molecule has 1 atom stereocenters. The minimum Gasteiger partial charge on any atom is -0.360 e. The van der Waals surface area contributed by atoms with Gasteiger partial charge < -0.3 is 10.2 Å². The van der Waals surface area contributed by atoms with Gasteiger partial charge in [-0.05, 0) is 49.7 Å². The van der Waals surface area contributed by atoms with Crippen LogP contribution in [0.25, 0.3) is 5.69 Å². The number of nitrogens with one attached hydrogen (secondary N) is 1. The number of nitrogens with zero attached hydrogens (tertiary/aromatic N) is 4. The van der Waals surface area contributed by atoms with E-state index in [2.05, 4.69) is 39.4 Å². The van der Waals surface area contributed by atoms with E-state index in [0.717, 1.165) is 10.8 Å². The molecular weight excluding hydrogens is 282 g/mol. The van der Waals surface area contributed by atoms with Gasteiger partial charge in [-0.15, -0.1) is 0 Å². The first-order valence-corrected chi connectivity index (χ1v) is 7.54. The van der Waals surface area contributed by atoms with E-state index in [4.69, 9.17) is 12.2 Å². The molecule has 0 saturated heterocycles. The van der Waals surface area contributed by atoms with Gasteiger partial charge in [0.2, 0.25) is 0 Å². The van der Waals surface area contributed by atoms with Gasteiger partial charge in [0.25, 0.3) is 0 Å². The van der Waals surface area contributed by atoms with Crippen LogP contribution in [0.3, 0.4) is 0 Å². The second-order valence-electron chi connectivity index (χ2n) is 5.44. The molecule has 3 rings (SSSR count). The number of rotatable bonds is 4. The average molecular weight is 301 g/mol. The van der Waals surface area contributed by atoms with Crippen LogP contribution in [0.15, 0.2) is 36.9 Å². The Bertz CT molecular complexity index is 604. The van der Waals surface area contributed by atoms with Crippen LogP contribution in [0, 0.1) is 0 Å². The molecule has 2 aromatic rings. The molecule has 0 radical (unpaired) electrons. The van der Waals surface area contributed by atoms with Crippen molar-refractivity contribution in [3.8, 4) is 5.69 Å². The summed E-state index contributed by atoms with van der Waals surface area (Å²) in [5, 5.41) is 8.33. The first-order chi connectivity index (χ1) is 10.1. The van der Waals surface area contributed by atoms with Gasteiger partial charge in [-0.1, -0.05) is 12.1 Å². The number of hydrogen-bond donors (Lipinski definition) is 1. The van der Waals surface area contributed by atoms with Crippen LogP contribution < -0.4 is 5.32 Å². The molecule has 0 spiro atoms. The third-order valence-electron chi connectivity index (χ3n) is 3.87. The molecule has 1 aliphatic carbocycles. The molecule has 6 heteroatoms. The van der Waals surface area contributed by atoms with Crippen molar-refractivity contribution in [3.63, 3.8) is 0 Å². The molecule has 1 heterocycles. The molecule has 1 aromatic carbocycles. The fraction of sp³-hybridized carbons (Fsp3) is 0.400. The molecule has 0 unspecified atom stereocenters. The van der Waals surface area contributed by atoms with Gasteiger partial charge in [-0.25, -0.2) is 9.67 Å². The Morgan fingerprint density at radius 2 is 2.10 bits per heavy atom. The fourth-order valence-corrected chi connectivity index (χ4v) is 2.48. The van der Waals surface area contributed by atoms with Gasteiger partial charge in [-0.3, -0.25) is 0 Å². The van der Waals surface area contributed by atoms with Crippen LogP contribution in [0.2, 0.25) is 0 Å². The van der Waals surface area contributed by atoms with E-state index in [0.29, 0.717) is 6.04 Å². The maximum atomic E-state index is 5.45. The van der Waals surface area contributed by atoms with Gasteiger partial charge in [0.05, 0.1) is 11.7 Å². The van der Waals surface area contributed by atoms with Gasteiger partial charge >= 0.3 is 0 Å². The number of thiocarbonyl (C=S) groups is 1. The van der Waals surface area contributed by atoms with E-state index in [1.165, 1.54) is 24.7 Å².